The van der Waals surface area contributed by atoms with E-state index in [4.69, 9.17) is 0 Å². The average Bonchev–Trinajstić information content (AvgIpc) is 2.47. The predicted molar refractivity (Wildman–Crippen MR) is 76.6 cm³/mol. The molecule has 0 spiro atoms. The van der Waals surface area contributed by atoms with E-state index in [2.05, 4.69) is 16.4 Å². The van der Waals surface area contributed by atoms with Gasteiger partial charge in [0, 0.05) is 24.0 Å². The van der Waals surface area contributed by atoms with Crippen LogP contribution in [0.1, 0.15) is 43.7 Å². The van der Waals surface area contributed by atoms with Crippen LogP contribution in [0.25, 0.3) is 0 Å². The lowest BCUT2D eigenvalue weighted by Gasteiger charge is -2.55. The van der Waals surface area contributed by atoms with Crippen molar-refractivity contribution in [2.24, 2.45) is 23.7 Å². The highest BCUT2D eigenvalue weighted by Crippen LogP contribution is 2.54. The number of nitrogens with one attached hydrogen (secondary N) is 1. The van der Waals surface area contributed by atoms with Gasteiger partial charge in [0.15, 0.2) is 0 Å². The second-order valence-corrected chi connectivity index (χ2v) is 6.97. The first-order valence-corrected chi connectivity index (χ1v) is 7.89. The second-order valence-electron chi connectivity index (χ2n) is 6.97. The molecule has 0 aromatic carbocycles. The minimum atomic E-state index is -0.203. The summed E-state index contributed by atoms with van der Waals surface area (Å²) >= 11 is 0. The minimum Gasteiger partial charge on any atom is -0.295 e. The molecule has 5 rings (SSSR count). The topological polar surface area (TPSA) is 48.7 Å². The van der Waals surface area contributed by atoms with Crippen molar-refractivity contribution >= 4 is 0 Å². The van der Waals surface area contributed by atoms with Crippen molar-refractivity contribution in [1.82, 2.24) is 10.3 Å². The van der Waals surface area contributed by atoms with Crippen molar-refractivity contribution in [1.29, 1.82) is 5.26 Å². The van der Waals surface area contributed by atoms with E-state index >= 15 is 0 Å². The Kier molecular flexibility index (Phi) is 3.00. The van der Waals surface area contributed by atoms with E-state index in [1.807, 2.05) is 18.3 Å². The van der Waals surface area contributed by atoms with Gasteiger partial charge in [-0.05, 0) is 61.8 Å². The lowest BCUT2D eigenvalue weighted by molar-refractivity contribution is -0.0157. The molecule has 1 aromatic rings. The minimum absolute atomic E-state index is 0.203. The first kappa shape index (κ1) is 12.3. The Bertz CT molecular complexity index is 491. The van der Waals surface area contributed by atoms with Crippen LogP contribution < -0.4 is 5.32 Å². The van der Waals surface area contributed by atoms with Crippen LogP contribution in [-0.2, 0) is 0 Å². The fourth-order valence-electron chi connectivity index (χ4n) is 5.14. The molecular weight excluding hydrogens is 246 g/mol. The lowest BCUT2D eigenvalue weighted by Crippen LogP contribution is -2.55. The summed E-state index contributed by atoms with van der Waals surface area (Å²) in [6.07, 6.45) is 10.6. The number of pyridine rings is 1. The first-order valence-electron chi connectivity index (χ1n) is 7.89. The first-order chi connectivity index (χ1) is 9.83. The molecule has 1 heterocycles. The zero-order chi connectivity index (χ0) is 13.5. The highest BCUT2D eigenvalue weighted by atomic mass is 15.0. The van der Waals surface area contributed by atoms with Crippen molar-refractivity contribution in [2.45, 2.75) is 44.2 Å². The monoisotopic (exact) mass is 267 g/mol. The molecule has 1 atom stereocenters. The van der Waals surface area contributed by atoms with Gasteiger partial charge in [-0.25, -0.2) is 0 Å². The molecule has 3 nitrogen and oxygen atoms in total. The summed E-state index contributed by atoms with van der Waals surface area (Å²) in [6.45, 7) is 0. The number of hydrogen-bond donors (Lipinski definition) is 1. The van der Waals surface area contributed by atoms with Gasteiger partial charge in [-0.2, -0.15) is 5.26 Å². The molecule has 0 radical (unpaired) electrons. The Hall–Kier alpha value is -1.40. The molecule has 0 saturated heterocycles. The van der Waals surface area contributed by atoms with Crippen LogP contribution >= 0.6 is 0 Å². The molecular formula is C17H21N3. The fraction of sp³-hybridized carbons (Fsp3) is 0.647. The van der Waals surface area contributed by atoms with Gasteiger partial charge in [0.25, 0.3) is 0 Å². The van der Waals surface area contributed by atoms with E-state index < -0.39 is 0 Å². The van der Waals surface area contributed by atoms with Gasteiger partial charge in [-0.15, -0.1) is 0 Å². The molecule has 0 aliphatic heterocycles. The van der Waals surface area contributed by atoms with Crippen LogP contribution in [0.2, 0.25) is 0 Å². The molecule has 0 amide bonds. The molecule has 4 saturated carbocycles. The number of nitriles is 1. The van der Waals surface area contributed by atoms with E-state index in [0.29, 0.717) is 6.04 Å². The predicted octanol–water partition coefficient (Wildman–Crippen LogP) is 3.06. The van der Waals surface area contributed by atoms with Crippen LogP contribution in [0.5, 0.6) is 0 Å². The van der Waals surface area contributed by atoms with Crippen molar-refractivity contribution in [3.05, 3.63) is 30.1 Å². The lowest BCUT2D eigenvalue weighted by atomic mass is 9.54. The molecule has 1 unspecified atom stereocenters. The van der Waals surface area contributed by atoms with Crippen molar-refractivity contribution in [3.8, 4) is 6.07 Å². The number of nitrogens with zero attached hydrogens (tertiary/aromatic N) is 2. The van der Waals surface area contributed by atoms with Crippen molar-refractivity contribution in [3.63, 3.8) is 0 Å². The molecule has 3 heteroatoms. The molecule has 4 bridgehead atoms. The molecule has 1 aromatic heterocycles. The zero-order valence-electron chi connectivity index (χ0n) is 11.7. The molecule has 4 aliphatic rings. The normalized spacial score (nSPS) is 39.5. The van der Waals surface area contributed by atoms with E-state index in [1.165, 1.54) is 32.1 Å². The van der Waals surface area contributed by atoms with Crippen LogP contribution in [-0.4, -0.2) is 11.0 Å². The Morgan fingerprint density at radius 2 is 1.85 bits per heavy atom. The van der Waals surface area contributed by atoms with E-state index in [0.717, 1.165) is 29.2 Å². The third-order valence-electron chi connectivity index (χ3n) is 5.73. The molecule has 1 N–H and O–H groups in total. The Morgan fingerprint density at radius 1 is 1.15 bits per heavy atom. The van der Waals surface area contributed by atoms with Crippen molar-refractivity contribution in [2.75, 3.05) is 0 Å². The summed E-state index contributed by atoms with van der Waals surface area (Å²) in [6, 6.07) is 6.69. The molecule has 4 aliphatic carbocycles. The van der Waals surface area contributed by atoms with Gasteiger partial charge in [0.05, 0.1) is 6.07 Å². The van der Waals surface area contributed by atoms with E-state index in [9.17, 15) is 5.26 Å². The van der Waals surface area contributed by atoms with Crippen LogP contribution in [0, 0.1) is 35.0 Å². The smallest absolute Gasteiger partial charge is 0.123 e. The van der Waals surface area contributed by atoms with Gasteiger partial charge in [-0.1, -0.05) is 6.07 Å². The number of aromatic nitrogens is 1. The summed E-state index contributed by atoms with van der Waals surface area (Å²) in [7, 11) is 0. The number of rotatable bonds is 3. The number of hydrogen-bond acceptors (Lipinski definition) is 3. The average molecular weight is 267 g/mol. The third kappa shape index (κ3) is 2.03. The Labute approximate surface area is 120 Å². The van der Waals surface area contributed by atoms with Crippen LogP contribution in [0.3, 0.4) is 0 Å². The van der Waals surface area contributed by atoms with Gasteiger partial charge < -0.3 is 0 Å². The third-order valence-corrected chi connectivity index (χ3v) is 5.73. The van der Waals surface area contributed by atoms with Gasteiger partial charge in [0.2, 0.25) is 0 Å². The van der Waals surface area contributed by atoms with Gasteiger partial charge in [0.1, 0.15) is 6.04 Å². The summed E-state index contributed by atoms with van der Waals surface area (Å²) in [4.78, 5) is 4.15. The van der Waals surface area contributed by atoms with Gasteiger partial charge in [-0.3, -0.25) is 10.3 Å². The Morgan fingerprint density at radius 3 is 2.40 bits per heavy atom. The highest BCUT2D eigenvalue weighted by Gasteiger charge is 2.48. The van der Waals surface area contributed by atoms with Crippen LogP contribution in [0.4, 0.5) is 0 Å². The quantitative estimate of drug-likeness (QED) is 0.915. The molecule has 20 heavy (non-hydrogen) atoms. The largest absolute Gasteiger partial charge is 0.295 e. The maximum atomic E-state index is 9.49. The van der Waals surface area contributed by atoms with E-state index in [1.54, 1.807) is 6.20 Å². The fourth-order valence-corrected chi connectivity index (χ4v) is 5.14. The summed E-state index contributed by atoms with van der Waals surface area (Å²) < 4.78 is 0. The second kappa shape index (κ2) is 4.86. The van der Waals surface area contributed by atoms with Crippen LogP contribution in [0.15, 0.2) is 24.5 Å². The SMILES string of the molecule is N#CC(NC1C2CC3CC(C2)CC1C3)c1cccnc1. The zero-order valence-corrected chi connectivity index (χ0v) is 11.7. The highest BCUT2D eigenvalue weighted by molar-refractivity contribution is 5.21. The van der Waals surface area contributed by atoms with Gasteiger partial charge >= 0.3 is 0 Å². The van der Waals surface area contributed by atoms with E-state index in [-0.39, 0.29) is 6.04 Å². The molecule has 4 fully saturated rings. The maximum absolute atomic E-state index is 9.49. The summed E-state index contributed by atoms with van der Waals surface area (Å²) in [5.41, 5.74) is 1.00. The molecule has 104 valence electrons. The standard InChI is InChI=1S/C17H21N3/c18-9-16(13-2-1-3-19-10-13)20-17-14-5-11-4-12(7-14)8-15(17)6-11/h1-3,10-12,14-17,20H,4-8H2. The Balaban J connectivity index is 1.52. The van der Waals surface area contributed by atoms with Crippen molar-refractivity contribution < 1.29 is 0 Å². The maximum Gasteiger partial charge on any atom is 0.123 e. The summed E-state index contributed by atoms with van der Waals surface area (Å²) in [5.74, 6) is 3.57. The summed E-state index contributed by atoms with van der Waals surface area (Å²) in [5, 5.41) is 13.2.